The quantitative estimate of drug-likeness (QED) is 0.471. The van der Waals surface area contributed by atoms with Gasteiger partial charge in [-0.25, -0.2) is 0 Å². The van der Waals surface area contributed by atoms with E-state index in [-0.39, 0.29) is 13.2 Å². The van der Waals surface area contributed by atoms with Crippen LogP contribution in [0.1, 0.15) is 11.5 Å². The largest absolute Gasteiger partial charge is 0.462 e. The third kappa shape index (κ3) is 3.70. The van der Waals surface area contributed by atoms with Crippen molar-refractivity contribution in [1.29, 1.82) is 0 Å². The summed E-state index contributed by atoms with van der Waals surface area (Å²) in [5.41, 5.74) is 4.86. The van der Waals surface area contributed by atoms with Crippen molar-refractivity contribution in [2.24, 2.45) is 5.73 Å². The normalized spacial score (nSPS) is 12.7. The van der Waals surface area contributed by atoms with Gasteiger partial charge in [-0.15, -0.1) is 0 Å². The average molecular weight is 214 g/mol. The van der Waals surface area contributed by atoms with E-state index in [4.69, 9.17) is 20.4 Å². The number of carbonyl (C=O) groups excluding carboxylic acids is 1. The molecule has 6 heteroatoms. The minimum Gasteiger partial charge on any atom is -0.462 e. The summed E-state index contributed by atoms with van der Waals surface area (Å²) in [4.78, 5) is 10.5. The molecule has 0 aliphatic carbocycles. The Morgan fingerprint density at radius 3 is 2.73 bits per heavy atom. The third-order valence-electron chi connectivity index (χ3n) is 1.84. The van der Waals surface area contributed by atoms with Crippen LogP contribution in [0.3, 0.4) is 0 Å². The molecule has 84 valence electrons. The van der Waals surface area contributed by atoms with Gasteiger partial charge in [-0.3, -0.25) is 4.79 Å². The zero-order chi connectivity index (χ0) is 11.3. The van der Waals surface area contributed by atoms with Crippen LogP contribution in [-0.2, 0) is 17.9 Å². The van der Waals surface area contributed by atoms with Crippen LogP contribution in [0.5, 0.6) is 0 Å². The van der Waals surface area contributed by atoms with Crippen molar-refractivity contribution >= 4 is 5.91 Å². The first-order chi connectivity index (χ1) is 7.13. The number of hydrogen-bond donors (Lipinski definition) is 4. The second kappa shape index (κ2) is 5.50. The van der Waals surface area contributed by atoms with Gasteiger partial charge < -0.3 is 25.7 Å². The number of carbonyl (C=O) groups is 1. The van der Waals surface area contributed by atoms with E-state index in [0.29, 0.717) is 18.1 Å². The molecule has 0 aromatic carbocycles. The lowest BCUT2D eigenvalue weighted by molar-refractivity contribution is -0.125. The molecule has 1 aromatic heterocycles. The van der Waals surface area contributed by atoms with Crippen LogP contribution in [0.25, 0.3) is 0 Å². The van der Waals surface area contributed by atoms with E-state index in [9.17, 15) is 4.79 Å². The van der Waals surface area contributed by atoms with Crippen molar-refractivity contribution in [1.82, 2.24) is 5.32 Å². The maximum absolute atomic E-state index is 10.5. The van der Waals surface area contributed by atoms with E-state index < -0.39 is 12.0 Å². The lowest BCUT2D eigenvalue weighted by Gasteiger charge is -2.06. The molecule has 0 aliphatic rings. The summed E-state index contributed by atoms with van der Waals surface area (Å²) in [6.07, 6.45) is -1.20. The van der Waals surface area contributed by atoms with E-state index in [1.807, 2.05) is 0 Å². The molecule has 1 amide bonds. The van der Waals surface area contributed by atoms with E-state index >= 15 is 0 Å². The summed E-state index contributed by atoms with van der Waals surface area (Å²) in [6, 6.07) is 3.36. The molecule has 6 nitrogen and oxygen atoms in total. The van der Waals surface area contributed by atoms with Crippen molar-refractivity contribution in [3.05, 3.63) is 23.7 Å². The number of amides is 1. The lowest BCUT2D eigenvalue weighted by atomic mass is 10.3. The molecular formula is C9H14N2O4. The monoisotopic (exact) mass is 214 g/mol. The second-order valence-corrected chi connectivity index (χ2v) is 3.08. The second-order valence-electron chi connectivity index (χ2n) is 3.08. The summed E-state index contributed by atoms with van der Waals surface area (Å²) in [7, 11) is 0. The number of nitrogens with one attached hydrogen (secondary N) is 1. The number of rotatable bonds is 6. The average Bonchev–Trinajstić information content (AvgIpc) is 2.65. The summed E-state index contributed by atoms with van der Waals surface area (Å²) in [6.45, 7) is 0.290. The number of primary amides is 1. The van der Waals surface area contributed by atoms with Crippen LogP contribution in [0.15, 0.2) is 16.5 Å². The van der Waals surface area contributed by atoms with Crippen molar-refractivity contribution in [2.75, 3.05) is 6.54 Å². The zero-order valence-electron chi connectivity index (χ0n) is 8.14. The molecule has 1 aromatic rings. The van der Waals surface area contributed by atoms with Crippen LogP contribution in [0, 0.1) is 0 Å². The molecule has 15 heavy (non-hydrogen) atoms. The highest BCUT2D eigenvalue weighted by molar-refractivity contribution is 5.78. The van der Waals surface area contributed by atoms with E-state index in [0.717, 1.165) is 0 Å². The smallest absolute Gasteiger partial charge is 0.247 e. The molecule has 1 rings (SSSR count). The number of nitrogens with two attached hydrogens (primary N) is 1. The van der Waals surface area contributed by atoms with E-state index in [1.54, 1.807) is 12.1 Å². The molecule has 0 fully saturated rings. The Labute approximate surface area is 86.7 Å². The van der Waals surface area contributed by atoms with Gasteiger partial charge in [-0.2, -0.15) is 0 Å². The fourth-order valence-electron chi connectivity index (χ4n) is 1.03. The van der Waals surface area contributed by atoms with Gasteiger partial charge in [0, 0.05) is 6.54 Å². The van der Waals surface area contributed by atoms with Gasteiger partial charge in [-0.1, -0.05) is 0 Å². The van der Waals surface area contributed by atoms with Crippen LogP contribution in [0.4, 0.5) is 0 Å². The standard InChI is InChI=1S/C9H14N2O4/c10-9(14)8(13)4-11-3-6-1-2-7(5-12)15-6/h1-2,8,11-13H,3-5H2,(H2,10,14). The molecule has 5 N–H and O–H groups in total. The number of aliphatic hydroxyl groups excluding tert-OH is 2. The molecular weight excluding hydrogens is 200 g/mol. The van der Waals surface area contributed by atoms with Crippen LogP contribution < -0.4 is 11.1 Å². The zero-order valence-corrected chi connectivity index (χ0v) is 8.14. The predicted molar refractivity (Wildman–Crippen MR) is 51.5 cm³/mol. The fourth-order valence-corrected chi connectivity index (χ4v) is 1.03. The minimum atomic E-state index is -1.20. The molecule has 0 aliphatic heterocycles. The van der Waals surface area contributed by atoms with Gasteiger partial charge in [0.2, 0.25) is 5.91 Å². The van der Waals surface area contributed by atoms with Crippen molar-refractivity contribution < 1.29 is 19.4 Å². The molecule has 0 saturated carbocycles. The molecule has 0 bridgehead atoms. The molecule has 1 heterocycles. The predicted octanol–water partition coefficient (Wildman–Crippen LogP) is -1.29. The topological polar surface area (TPSA) is 109 Å². The third-order valence-corrected chi connectivity index (χ3v) is 1.84. The highest BCUT2D eigenvalue weighted by Crippen LogP contribution is 2.06. The SMILES string of the molecule is NC(=O)C(O)CNCc1ccc(CO)o1. The molecule has 0 radical (unpaired) electrons. The van der Waals surface area contributed by atoms with Crippen molar-refractivity contribution in [3.8, 4) is 0 Å². The van der Waals surface area contributed by atoms with Crippen LogP contribution in [0.2, 0.25) is 0 Å². The van der Waals surface area contributed by atoms with E-state index in [2.05, 4.69) is 5.32 Å². The Kier molecular flexibility index (Phi) is 4.29. The first-order valence-corrected chi connectivity index (χ1v) is 4.50. The Bertz CT molecular complexity index is 324. The fraction of sp³-hybridized carbons (Fsp3) is 0.444. The Morgan fingerprint density at radius 1 is 1.53 bits per heavy atom. The summed E-state index contributed by atoms with van der Waals surface area (Å²) in [5.74, 6) is 0.330. The van der Waals surface area contributed by atoms with Gasteiger partial charge in [0.05, 0.1) is 6.54 Å². The Hall–Kier alpha value is -1.37. The highest BCUT2D eigenvalue weighted by Gasteiger charge is 2.09. The molecule has 0 spiro atoms. The van der Waals surface area contributed by atoms with Crippen molar-refractivity contribution in [2.45, 2.75) is 19.3 Å². The lowest BCUT2D eigenvalue weighted by Crippen LogP contribution is -2.37. The first kappa shape index (κ1) is 11.7. The van der Waals surface area contributed by atoms with Crippen LogP contribution >= 0.6 is 0 Å². The maximum atomic E-state index is 10.5. The van der Waals surface area contributed by atoms with Crippen molar-refractivity contribution in [3.63, 3.8) is 0 Å². The first-order valence-electron chi connectivity index (χ1n) is 4.50. The minimum absolute atomic E-state index is 0.0739. The van der Waals surface area contributed by atoms with Gasteiger partial charge in [-0.05, 0) is 12.1 Å². The van der Waals surface area contributed by atoms with E-state index in [1.165, 1.54) is 0 Å². The summed E-state index contributed by atoms with van der Waals surface area (Å²) < 4.78 is 5.16. The Balaban J connectivity index is 2.28. The summed E-state index contributed by atoms with van der Waals surface area (Å²) in [5, 5.41) is 20.6. The number of furan rings is 1. The molecule has 0 saturated heterocycles. The highest BCUT2D eigenvalue weighted by atomic mass is 16.4. The number of aliphatic hydroxyl groups is 2. The maximum Gasteiger partial charge on any atom is 0.247 e. The van der Waals surface area contributed by atoms with Gasteiger partial charge in [0.1, 0.15) is 24.2 Å². The molecule has 1 unspecified atom stereocenters. The number of hydrogen-bond acceptors (Lipinski definition) is 5. The van der Waals surface area contributed by atoms with Gasteiger partial charge >= 0.3 is 0 Å². The van der Waals surface area contributed by atoms with Gasteiger partial charge in [0.25, 0.3) is 0 Å². The molecule has 1 atom stereocenters. The van der Waals surface area contributed by atoms with Crippen LogP contribution in [-0.4, -0.2) is 28.8 Å². The van der Waals surface area contributed by atoms with Gasteiger partial charge in [0.15, 0.2) is 0 Å². The Morgan fingerprint density at radius 2 is 2.20 bits per heavy atom. The summed E-state index contributed by atoms with van der Waals surface area (Å²) >= 11 is 0.